The molecule has 0 rings (SSSR count). The first-order valence-electron chi connectivity index (χ1n) is 8.43. The lowest BCUT2D eigenvalue weighted by molar-refractivity contribution is 0.104. The molecule has 0 heterocycles. The molecule has 3 unspecified atom stereocenters. The second-order valence-corrected chi connectivity index (χ2v) is 5.93. The summed E-state index contributed by atoms with van der Waals surface area (Å²) in [5, 5.41) is 3.73. The number of ether oxygens (including phenoxy) is 1. The summed E-state index contributed by atoms with van der Waals surface area (Å²) in [6, 6.07) is 0.680. The minimum Gasteiger partial charge on any atom is -0.382 e. The maximum atomic E-state index is 5.37. The molecule has 19 heavy (non-hydrogen) atoms. The van der Waals surface area contributed by atoms with Crippen molar-refractivity contribution in [1.29, 1.82) is 0 Å². The molecule has 0 aliphatic carbocycles. The van der Waals surface area contributed by atoms with Gasteiger partial charge in [0.05, 0.1) is 6.10 Å². The molecule has 0 aromatic rings. The molecule has 116 valence electrons. The minimum absolute atomic E-state index is 0.390. The fourth-order valence-electron chi connectivity index (χ4n) is 2.59. The van der Waals surface area contributed by atoms with E-state index < -0.39 is 0 Å². The maximum absolute atomic E-state index is 5.37. The van der Waals surface area contributed by atoms with Gasteiger partial charge in [-0.3, -0.25) is 0 Å². The largest absolute Gasteiger partial charge is 0.382 e. The predicted molar refractivity (Wildman–Crippen MR) is 85.7 cm³/mol. The van der Waals surface area contributed by atoms with Crippen molar-refractivity contribution in [3.63, 3.8) is 0 Å². The van der Waals surface area contributed by atoms with Gasteiger partial charge in [-0.25, -0.2) is 0 Å². The number of unbranched alkanes of at least 4 members (excludes halogenated alkanes) is 1. The van der Waals surface area contributed by atoms with E-state index in [-0.39, 0.29) is 0 Å². The van der Waals surface area contributed by atoms with Crippen molar-refractivity contribution in [3.8, 4) is 0 Å². The molecular formula is C17H37NO. The zero-order valence-electron chi connectivity index (χ0n) is 14.0. The van der Waals surface area contributed by atoms with Crippen LogP contribution in [0.5, 0.6) is 0 Å². The topological polar surface area (TPSA) is 21.3 Å². The van der Waals surface area contributed by atoms with Gasteiger partial charge in [-0.2, -0.15) is 0 Å². The Morgan fingerprint density at radius 3 is 2.26 bits per heavy atom. The van der Waals surface area contributed by atoms with Gasteiger partial charge in [0, 0.05) is 13.2 Å². The first kappa shape index (κ1) is 18.9. The number of rotatable bonds is 13. The molecule has 0 aliphatic heterocycles. The van der Waals surface area contributed by atoms with Gasteiger partial charge in [-0.05, 0) is 45.1 Å². The van der Waals surface area contributed by atoms with Gasteiger partial charge in [-0.1, -0.05) is 46.5 Å². The van der Waals surface area contributed by atoms with Crippen LogP contribution in [0.15, 0.2) is 0 Å². The zero-order chi connectivity index (χ0) is 14.5. The van der Waals surface area contributed by atoms with Crippen LogP contribution in [0, 0.1) is 5.92 Å². The summed E-state index contributed by atoms with van der Waals surface area (Å²) in [4.78, 5) is 0. The van der Waals surface area contributed by atoms with E-state index in [9.17, 15) is 0 Å². The third-order valence-electron chi connectivity index (χ3n) is 4.17. The molecule has 0 radical (unpaired) electrons. The van der Waals surface area contributed by atoms with E-state index in [1.54, 1.807) is 0 Å². The maximum Gasteiger partial charge on any atom is 0.0543 e. The summed E-state index contributed by atoms with van der Waals surface area (Å²) < 4.78 is 5.37. The molecule has 1 N–H and O–H groups in total. The van der Waals surface area contributed by atoms with E-state index in [4.69, 9.17) is 4.74 Å². The Kier molecular flexibility index (Phi) is 12.9. The van der Waals surface area contributed by atoms with Gasteiger partial charge in [-0.15, -0.1) is 0 Å². The average Bonchev–Trinajstić information content (AvgIpc) is 2.44. The minimum atomic E-state index is 0.390. The Hall–Kier alpha value is -0.0800. The van der Waals surface area contributed by atoms with E-state index in [2.05, 4.69) is 33.0 Å². The highest BCUT2D eigenvalue weighted by atomic mass is 16.5. The van der Waals surface area contributed by atoms with Crippen LogP contribution in [0.2, 0.25) is 0 Å². The highest BCUT2D eigenvalue weighted by Crippen LogP contribution is 2.21. The summed E-state index contributed by atoms with van der Waals surface area (Å²) >= 11 is 0. The highest BCUT2D eigenvalue weighted by molar-refractivity contribution is 4.73. The van der Waals surface area contributed by atoms with Crippen LogP contribution in [0.1, 0.15) is 79.1 Å². The number of methoxy groups -OCH3 is 1. The predicted octanol–water partition coefficient (Wildman–Crippen LogP) is 4.78. The van der Waals surface area contributed by atoms with Crippen LogP contribution in [0.25, 0.3) is 0 Å². The molecule has 2 heteroatoms. The molecule has 0 aliphatic rings. The Balaban J connectivity index is 4.13. The monoisotopic (exact) mass is 271 g/mol. The van der Waals surface area contributed by atoms with Gasteiger partial charge in [0.1, 0.15) is 0 Å². The lowest BCUT2D eigenvalue weighted by Gasteiger charge is -2.25. The highest BCUT2D eigenvalue weighted by Gasteiger charge is 2.15. The quantitative estimate of drug-likeness (QED) is 0.520. The lowest BCUT2D eigenvalue weighted by atomic mass is 9.90. The van der Waals surface area contributed by atoms with Crippen molar-refractivity contribution in [2.75, 3.05) is 13.7 Å². The van der Waals surface area contributed by atoms with Crippen LogP contribution >= 0.6 is 0 Å². The smallest absolute Gasteiger partial charge is 0.0543 e. The Labute approximate surface area is 121 Å². The van der Waals surface area contributed by atoms with Crippen molar-refractivity contribution in [2.24, 2.45) is 5.92 Å². The van der Waals surface area contributed by atoms with Crippen LogP contribution in [-0.4, -0.2) is 25.8 Å². The standard InChI is InChI=1S/C17H37NO/c1-6-9-10-16(8-3)14-17(18-13-7-2)12-11-15(4)19-5/h15-18H,6-14H2,1-5H3. The number of nitrogens with one attached hydrogen (secondary N) is 1. The molecular weight excluding hydrogens is 234 g/mol. The van der Waals surface area contributed by atoms with Crippen LogP contribution in [0.4, 0.5) is 0 Å². The molecule has 0 amide bonds. The fraction of sp³-hybridized carbons (Fsp3) is 1.00. The van der Waals surface area contributed by atoms with Gasteiger partial charge < -0.3 is 10.1 Å². The zero-order valence-corrected chi connectivity index (χ0v) is 14.0. The van der Waals surface area contributed by atoms with E-state index in [0.29, 0.717) is 12.1 Å². The van der Waals surface area contributed by atoms with Gasteiger partial charge in [0.15, 0.2) is 0 Å². The Morgan fingerprint density at radius 1 is 1.00 bits per heavy atom. The summed E-state index contributed by atoms with van der Waals surface area (Å²) in [6.45, 7) is 10.2. The molecule has 2 nitrogen and oxygen atoms in total. The van der Waals surface area contributed by atoms with Crippen LogP contribution in [-0.2, 0) is 4.74 Å². The SMILES string of the molecule is CCCCC(CC)CC(CCC(C)OC)NCCC. The summed E-state index contributed by atoms with van der Waals surface area (Å²) in [7, 11) is 1.81. The lowest BCUT2D eigenvalue weighted by Crippen LogP contribution is -2.32. The van der Waals surface area contributed by atoms with E-state index in [1.165, 1.54) is 51.4 Å². The molecule has 3 atom stereocenters. The second kappa shape index (κ2) is 12.9. The van der Waals surface area contributed by atoms with Crippen LogP contribution < -0.4 is 5.32 Å². The van der Waals surface area contributed by atoms with Crippen molar-refractivity contribution in [3.05, 3.63) is 0 Å². The third kappa shape index (κ3) is 10.4. The third-order valence-corrected chi connectivity index (χ3v) is 4.17. The molecule has 0 aromatic carbocycles. The van der Waals surface area contributed by atoms with Gasteiger partial charge >= 0.3 is 0 Å². The molecule has 0 bridgehead atoms. The fourth-order valence-corrected chi connectivity index (χ4v) is 2.59. The molecule has 0 spiro atoms. The summed E-state index contributed by atoms with van der Waals surface area (Å²) in [5.74, 6) is 0.896. The van der Waals surface area contributed by atoms with Crippen molar-refractivity contribution in [2.45, 2.75) is 91.2 Å². The molecule has 0 saturated heterocycles. The van der Waals surface area contributed by atoms with Crippen molar-refractivity contribution < 1.29 is 4.74 Å². The summed E-state index contributed by atoms with van der Waals surface area (Å²) in [6.07, 6.45) is 10.8. The Bertz CT molecular complexity index is 184. The normalized spacial score (nSPS) is 16.3. The molecule has 0 fully saturated rings. The van der Waals surface area contributed by atoms with Crippen molar-refractivity contribution >= 4 is 0 Å². The second-order valence-electron chi connectivity index (χ2n) is 5.93. The number of hydrogen-bond acceptors (Lipinski definition) is 2. The first-order valence-corrected chi connectivity index (χ1v) is 8.43. The van der Waals surface area contributed by atoms with E-state index in [0.717, 1.165) is 12.5 Å². The molecule has 0 saturated carbocycles. The average molecular weight is 271 g/mol. The van der Waals surface area contributed by atoms with Crippen molar-refractivity contribution in [1.82, 2.24) is 5.32 Å². The Morgan fingerprint density at radius 2 is 1.74 bits per heavy atom. The number of hydrogen-bond donors (Lipinski definition) is 1. The summed E-state index contributed by atoms with van der Waals surface area (Å²) in [5.41, 5.74) is 0. The van der Waals surface area contributed by atoms with E-state index in [1.807, 2.05) is 7.11 Å². The van der Waals surface area contributed by atoms with Gasteiger partial charge in [0.2, 0.25) is 0 Å². The van der Waals surface area contributed by atoms with E-state index >= 15 is 0 Å². The van der Waals surface area contributed by atoms with Gasteiger partial charge in [0.25, 0.3) is 0 Å². The van der Waals surface area contributed by atoms with Crippen LogP contribution in [0.3, 0.4) is 0 Å². The first-order chi connectivity index (χ1) is 9.17. The molecule has 0 aromatic heterocycles.